The molecule has 9 aliphatic heterocycles. The van der Waals surface area contributed by atoms with Crippen molar-refractivity contribution in [2.24, 2.45) is 11.8 Å². The Labute approximate surface area is 333 Å². The van der Waals surface area contributed by atoms with Gasteiger partial charge in [0, 0.05) is 51.6 Å². The number of fused-ring (bicyclic) bond motifs is 1. The highest BCUT2D eigenvalue weighted by Gasteiger charge is 2.68. The van der Waals surface area contributed by atoms with Crippen molar-refractivity contribution in [2.45, 2.75) is 214 Å². The lowest BCUT2D eigenvalue weighted by Crippen LogP contribution is -2.61. The van der Waals surface area contributed by atoms with Gasteiger partial charge in [0.25, 0.3) is 0 Å². The zero-order chi connectivity index (χ0) is 40.6. The molecule has 57 heavy (non-hydrogen) atoms. The lowest BCUT2D eigenvalue weighted by Gasteiger charge is -2.47. The van der Waals surface area contributed by atoms with Crippen LogP contribution < -0.4 is 0 Å². The van der Waals surface area contributed by atoms with Crippen LogP contribution in [0, 0.1) is 11.8 Å². The molecule has 0 saturated carbocycles. The van der Waals surface area contributed by atoms with Crippen molar-refractivity contribution in [3.8, 4) is 0 Å². The maximum Gasteiger partial charge on any atom is 0.416 e. The van der Waals surface area contributed by atoms with Gasteiger partial charge in [0.05, 0.1) is 67.1 Å². The molecule has 9 aliphatic rings. The third-order valence-corrected chi connectivity index (χ3v) is 14.2. The molecule has 9 saturated heterocycles. The van der Waals surface area contributed by atoms with Crippen LogP contribution in [0.15, 0.2) is 24.3 Å². The van der Waals surface area contributed by atoms with E-state index in [1.54, 1.807) is 0 Å². The molecule has 9 heterocycles. The maximum absolute atomic E-state index is 14.1. The Bertz CT molecular complexity index is 1500. The summed E-state index contributed by atoms with van der Waals surface area (Å²) in [5, 5.41) is 20.2. The van der Waals surface area contributed by atoms with Crippen molar-refractivity contribution in [2.75, 3.05) is 7.11 Å². The standard InChI is InChI=1S/C42H61F3O12/c1-7-24-12-19(2)21(4)30(51-24)17-31-27(34(49-6)32(53-31)16-28(47)40(48)42(43,44)45)15-23(46)14-25-8-9-29-35(52-25)39-38-37(54-29)36-33(55-38)18-41(56-36,57-39)11-10-26-13-20(3)22(5)50-26/h19,22,24-40,47-48H,3-4,7-18H2,1-2,5-6H3. The van der Waals surface area contributed by atoms with Gasteiger partial charge >= 0.3 is 6.18 Å². The first kappa shape index (κ1) is 42.2. The largest absolute Gasteiger partial charge is 0.416 e. The molecule has 0 aromatic heterocycles. The highest BCUT2D eigenvalue weighted by Crippen LogP contribution is 2.54. The molecule has 12 nitrogen and oxygen atoms in total. The van der Waals surface area contributed by atoms with Gasteiger partial charge < -0.3 is 52.8 Å². The van der Waals surface area contributed by atoms with Crippen LogP contribution in [0.4, 0.5) is 13.2 Å². The lowest BCUT2D eigenvalue weighted by molar-refractivity contribution is -0.292. The smallest absolute Gasteiger partial charge is 0.390 e. The number of aliphatic hydroxyl groups is 2. The van der Waals surface area contributed by atoms with E-state index in [1.807, 2.05) is 13.8 Å². The monoisotopic (exact) mass is 814 g/mol. The first-order chi connectivity index (χ1) is 27.1. The number of carbonyl (C=O) groups is 1. The summed E-state index contributed by atoms with van der Waals surface area (Å²) < 4.78 is 98.2. The van der Waals surface area contributed by atoms with Crippen LogP contribution in [0.1, 0.15) is 97.8 Å². The van der Waals surface area contributed by atoms with E-state index in [9.17, 15) is 28.2 Å². The highest BCUT2D eigenvalue weighted by molar-refractivity contribution is 5.79. The number of methoxy groups -OCH3 is 1. The SMILES string of the molecule is C=C1CC(CCC23CC4OC5C(OC6CCC(CC(=O)CC7C(CC8OC(CC)CC(C)C8=C)OC(CC(O)C(O)C(F)(F)F)C7OC)OC6C5O2)C4O3)OC1C. The van der Waals surface area contributed by atoms with E-state index < -0.39 is 73.1 Å². The van der Waals surface area contributed by atoms with Gasteiger partial charge in [-0.1, -0.05) is 27.0 Å². The Kier molecular flexibility index (Phi) is 12.1. The molecule has 2 N–H and O–H groups in total. The van der Waals surface area contributed by atoms with Crippen molar-refractivity contribution >= 4 is 5.78 Å². The van der Waals surface area contributed by atoms with Crippen LogP contribution in [0.2, 0.25) is 0 Å². The number of rotatable bonds is 14. The van der Waals surface area contributed by atoms with Crippen molar-refractivity contribution in [3.63, 3.8) is 0 Å². The number of halogens is 3. The molecule has 0 radical (unpaired) electrons. The molecular formula is C42H61F3O12. The maximum atomic E-state index is 14.1. The number of hydrogen-bond acceptors (Lipinski definition) is 12. The normalized spacial score (nSPS) is 47.6. The average molecular weight is 815 g/mol. The highest BCUT2D eigenvalue weighted by atomic mass is 19.4. The number of ketones is 1. The minimum atomic E-state index is -5.02. The molecule has 9 fully saturated rings. The van der Waals surface area contributed by atoms with Gasteiger partial charge in [-0.3, -0.25) is 4.79 Å². The first-order valence-corrected chi connectivity index (χ1v) is 21.2. The lowest BCUT2D eigenvalue weighted by atomic mass is 9.81. The van der Waals surface area contributed by atoms with Crippen LogP contribution >= 0.6 is 0 Å². The summed E-state index contributed by atoms with van der Waals surface area (Å²) >= 11 is 0. The van der Waals surface area contributed by atoms with Crippen molar-refractivity contribution in [1.82, 2.24) is 0 Å². The summed E-state index contributed by atoms with van der Waals surface area (Å²) in [5.41, 5.74) is 1.99. The van der Waals surface area contributed by atoms with Crippen LogP contribution in [0.3, 0.4) is 0 Å². The second kappa shape index (κ2) is 16.4. The van der Waals surface area contributed by atoms with E-state index in [2.05, 4.69) is 20.1 Å². The molecule has 6 bridgehead atoms. The summed E-state index contributed by atoms with van der Waals surface area (Å²) in [6, 6.07) is 0. The second-order valence-electron chi connectivity index (χ2n) is 18.1. The zero-order valence-electron chi connectivity index (χ0n) is 33.5. The van der Waals surface area contributed by atoms with E-state index in [1.165, 1.54) is 7.11 Å². The predicted octanol–water partition coefficient (Wildman–Crippen LogP) is 5.04. The number of ether oxygens (including phenoxy) is 9. The quantitative estimate of drug-likeness (QED) is 0.227. The van der Waals surface area contributed by atoms with Gasteiger partial charge in [-0.05, 0) is 62.5 Å². The first-order valence-electron chi connectivity index (χ1n) is 21.2. The Balaban J connectivity index is 0.942. The molecule has 0 aromatic carbocycles. The average Bonchev–Trinajstić information content (AvgIpc) is 3.82. The van der Waals surface area contributed by atoms with Crippen LogP contribution in [-0.2, 0) is 47.4 Å². The van der Waals surface area contributed by atoms with Gasteiger partial charge in [0.1, 0.15) is 36.3 Å². The summed E-state index contributed by atoms with van der Waals surface area (Å²) in [7, 11) is 1.42. The fourth-order valence-electron chi connectivity index (χ4n) is 11.1. The molecule has 0 aromatic rings. The molecule has 322 valence electrons. The summed E-state index contributed by atoms with van der Waals surface area (Å²) in [5.74, 6) is -1.33. The second-order valence-corrected chi connectivity index (χ2v) is 18.1. The van der Waals surface area contributed by atoms with E-state index in [0.717, 1.165) is 36.8 Å². The van der Waals surface area contributed by atoms with Crippen LogP contribution in [-0.4, -0.2) is 139 Å². The molecule has 0 amide bonds. The molecule has 15 heteroatoms. The Morgan fingerprint density at radius 3 is 2.33 bits per heavy atom. The number of Topliss-reactive ketones (excluding diaryl/α,β-unsaturated/α-hetero) is 1. The number of hydrogen-bond donors (Lipinski definition) is 2. The Hall–Kier alpha value is -1.50. The summed E-state index contributed by atoms with van der Waals surface area (Å²) in [6.45, 7) is 14.6. The minimum absolute atomic E-state index is 0.0102. The number of aliphatic hydroxyl groups excluding tert-OH is 2. The van der Waals surface area contributed by atoms with Gasteiger partial charge in [-0.25, -0.2) is 0 Å². The molecular weight excluding hydrogens is 753 g/mol. The Morgan fingerprint density at radius 2 is 1.63 bits per heavy atom. The van der Waals surface area contributed by atoms with Gasteiger partial charge in [-0.15, -0.1) is 0 Å². The van der Waals surface area contributed by atoms with Crippen molar-refractivity contribution in [3.05, 3.63) is 24.3 Å². The molecule has 20 unspecified atom stereocenters. The predicted molar refractivity (Wildman–Crippen MR) is 196 cm³/mol. The van der Waals surface area contributed by atoms with Gasteiger partial charge in [-0.2, -0.15) is 13.2 Å². The fourth-order valence-corrected chi connectivity index (χ4v) is 11.1. The van der Waals surface area contributed by atoms with E-state index in [-0.39, 0.29) is 79.5 Å². The van der Waals surface area contributed by atoms with Crippen molar-refractivity contribution < 1.29 is 70.8 Å². The van der Waals surface area contributed by atoms with Crippen LogP contribution in [0.5, 0.6) is 0 Å². The van der Waals surface area contributed by atoms with Gasteiger partial charge in [0.15, 0.2) is 11.9 Å². The molecule has 0 spiro atoms. The molecule has 0 aliphatic carbocycles. The summed E-state index contributed by atoms with van der Waals surface area (Å²) in [6.07, 6.45) is -9.82. The molecule has 9 rings (SSSR count). The summed E-state index contributed by atoms with van der Waals surface area (Å²) in [4.78, 5) is 14.1. The number of alkyl halides is 3. The van der Waals surface area contributed by atoms with E-state index >= 15 is 0 Å². The van der Waals surface area contributed by atoms with Crippen LogP contribution in [0.25, 0.3) is 0 Å². The van der Waals surface area contributed by atoms with E-state index in [4.69, 9.17) is 42.6 Å². The minimum Gasteiger partial charge on any atom is -0.390 e. The van der Waals surface area contributed by atoms with Crippen molar-refractivity contribution in [1.29, 1.82) is 0 Å². The third kappa shape index (κ3) is 8.30. The fraction of sp³-hybridized carbons (Fsp3) is 0.881. The van der Waals surface area contributed by atoms with E-state index in [0.29, 0.717) is 32.1 Å². The topological polar surface area (TPSA) is 141 Å². The Morgan fingerprint density at radius 1 is 0.895 bits per heavy atom. The molecule has 20 atom stereocenters. The third-order valence-electron chi connectivity index (χ3n) is 14.2. The zero-order valence-corrected chi connectivity index (χ0v) is 33.5. The number of carbonyl (C=O) groups excluding carboxylic acids is 1. The van der Waals surface area contributed by atoms with Gasteiger partial charge in [0.2, 0.25) is 0 Å².